The van der Waals surface area contributed by atoms with Gasteiger partial charge >= 0.3 is 17.8 Å². The van der Waals surface area contributed by atoms with Crippen molar-refractivity contribution in [3.05, 3.63) is 74.5 Å². The van der Waals surface area contributed by atoms with Gasteiger partial charge in [-0.1, -0.05) is 42.8 Å². The maximum absolute atomic E-state index is 13.5. The Kier molecular flexibility index (Phi) is 6.12. The van der Waals surface area contributed by atoms with E-state index in [0.717, 1.165) is 17.2 Å². The summed E-state index contributed by atoms with van der Waals surface area (Å²) >= 11 is 0. The van der Waals surface area contributed by atoms with Crippen molar-refractivity contribution < 1.29 is 27.5 Å². The highest BCUT2D eigenvalue weighted by molar-refractivity contribution is 5.92. The number of carboxylic acids is 1. The molecule has 0 saturated carbocycles. The van der Waals surface area contributed by atoms with Crippen molar-refractivity contribution in [3.8, 4) is 11.1 Å². The second kappa shape index (κ2) is 8.79. The summed E-state index contributed by atoms with van der Waals surface area (Å²) in [5.41, 5.74) is 3.87. The van der Waals surface area contributed by atoms with Crippen LogP contribution in [0.3, 0.4) is 0 Å². The normalized spacial score (nSPS) is 17.3. The number of benzene rings is 2. The predicted octanol–water partition coefficient (Wildman–Crippen LogP) is 6.10. The number of halogens is 3. The van der Waals surface area contributed by atoms with Crippen molar-refractivity contribution in [1.82, 2.24) is 9.97 Å². The number of aryl methyl sites for hydroxylation is 3. The predicted molar refractivity (Wildman–Crippen MR) is 127 cm³/mol. The average Bonchev–Trinajstić information content (AvgIpc) is 2.75. The van der Waals surface area contributed by atoms with Crippen LogP contribution in [0, 0.1) is 26.7 Å². The first-order chi connectivity index (χ1) is 16.4. The molecule has 184 valence electrons. The van der Waals surface area contributed by atoms with Crippen LogP contribution in [0.4, 0.5) is 13.2 Å². The zero-order chi connectivity index (χ0) is 25.7. The van der Waals surface area contributed by atoms with Crippen LogP contribution in [-0.2, 0) is 11.2 Å². The Labute approximate surface area is 198 Å². The smallest absolute Gasteiger partial charge is 0.395 e. The zero-order valence-corrected chi connectivity index (χ0v) is 19.6. The van der Waals surface area contributed by atoms with Crippen LogP contribution in [0.1, 0.15) is 46.5 Å². The van der Waals surface area contributed by atoms with Gasteiger partial charge in [0.25, 0.3) is 0 Å². The Morgan fingerprint density at radius 3 is 2.34 bits per heavy atom. The number of hydrogen-bond donors (Lipinski definition) is 3. The summed E-state index contributed by atoms with van der Waals surface area (Å²) in [5, 5.41) is 9.59. The summed E-state index contributed by atoms with van der Waals surface area (Å²) < 4.78 is 46.7. The molecule has 0 aliphatic heterocycles. The van der Waals surface area contributed by atoms with Crippen LogP contribution in [-0.4, -0.2) is 27.2 Å². The second-order valence-corrected chi connectivity index (χ2v) is 8.92. The van der Waals surface area contributed by atoms with Crippen molar-refractivity contribution in [2.45, 2.75) is 46.2 Å². The van der Waals surface area contributed by atoms with Crippen molar-refractivity contribution in [2.75, 3.05) is 0 Å². The second-order valence-electron chi connectivity index (χ2n) is 8.92. The minimum absolute atomic E-state index is 0.0292. The molecule has 2 atom stereocenters. The van der Waals surface area contributed by atoms with Gasteiger partial charge in [-0.15, -0.1) is 0 Å². The molecule has 0 bridgehead atoms. The quantitative estimate of drug-likeness (QED) is 0.416. The van der Waals surface area contributed by atoms with Gasteiger partial charge < -0.3 is 19.5 Å². The van der Waals surface area contributed by atoms with E-state index in [0.29, 0.717) is 22.3 Å². The van der Waals surface area contributed by atoms with Gasteiger partial charge in [-0.05, 0) is 49.1 Å². The lowest BCUT2D eigenvalue weighted by Gasteiger charge is -2.27. The van der Waals surface area contributed by atoms with Gasteiger partial charge in [0.2, 0.25) is 0 Å². The van der Waals surface area contributed by atoms with Crippen LogP contribution < -0.4 is 5.69 Å². The molecule has 6 nitrogen and oxygen atoms in total. The minimum atomic E-state index is -4.48. The molecule has 0 radical (unpaired) electrons. The van der Waals surface area contributed by atoms with E-state index in [1.165, 1.54) is 13.0 Å². The molecule has 0 saturated heterocycles. The van der Waals surface area contributed by atoms with Crippen LogP contribution in [0.5, 0.6) is 0 Å². The standard InChI is InChI=1S/C26H25F3N2O4/c1-12-5-7-16(8-6-12)21-15(4)24-23(13(2)17(21)11-20(32)33)31-25(34)30-22-14(3)18(26(27,28)29)9-10-19(22)35-24/h5-10,14,18H,11H2,1-4H3,(H,32,33)(H2,30,31,34). The lowest BCUT2D eigenvalue weighted by atomic mass is 9.85. The summed E-state index contributed by atoms with van der Waals surface area (Å²) in [5.74, 6) is -3.78. The highest BCUT2D eigenvalue weighted by atomic mass is 19.4. The Bertz CT molecular complexity index is 1460. The molecular weight excluding hydrogens is 461 g/mol. The van der Waals surface area contributed by atoms with E-state index in [2.05, 4.69) is 9.97 Å². The van der Waals surface area contributed by atoms with E-state index in [1.807, 2.05) is 31.2 Å². The number of aromatic nitrogens is 2. The molecule has 35 heavy (non-hydrogen) atoms. The number of allylic oxidation sites excluding steroid dienone is 1. The first kappa shape index (κ1) is 24.4. The largest absolute Gasteiger partial charge is 0.481 e. The number of aliphatic carboxylic acids is 1. The fourth-order valence-electron chi connectivity index (χ4n) is 4.68. The van der Waals surface area contributed by atoms with Crippen LogP contribution >= 0.6 is 0 Å². The minimum Gasteiger partial charge on any atom is -0.481 e. The molecule has 0 fully saturated rings. The summed E-state index contributed by atoms with van der Waals surface area (Å²) in [4.78, 5) is 29.7. The van der Waals surface area contributed by atoms with Gasteiger partial charge in [-0.25, -0.2) is 4.79 Å². The van der Waals surface area contributed by atoms with Gasteiger partial charge in [0, 0.05) is 11.5 Å². The summed E-state index contributed by atoms with van der Waals surface area (Å²) in [6.07, 6.45) is -2.51. The number of nitrogens with one attached hydrogen (secondary N) is 2. The van der Waals surface area contributed by atoms with Crippen molar-refractivity contribution in [1.29, 1.82) is 0 Å². The number of carbonyl (C=O) groups is 1. The number of carboxylic acid groups (broad SMARTS) is 1. The highest BCUT2D eigenvalue weighted by Crippen LogP contribution is 2.43. The molecular formula is C26H25F3N2O4. The third kappa shape index (κ3) is 4.50. The lowest BCUT2D eigenvalue weighted by molar-refractivity contribution is -0.166. The molecule has 1 aliphatic rings. The molecule has 1 aliphatic carbocycles. The lowest BCUT2D eigenvalue weighted by Crippen LogP contribution is -2.29. The number of rotatable bonds is 3. The van der Waals surface area contributed by atoms with Crippen molar-refractivity contribution >= 4 is 23.1 Å². The number of hydrogen-bond acceptors (Lipinski definition) is 3. The monoisotopic (exact) mass is 486 g/mol. The number of alkyl halides is 3. The van der Waals surface area contributed by atoms with Crippen molar-refractivity contribution in [2.24, 2.45) is 5.92 Å². The third-order valence-electron chi connectivity index (χ3n) is 6.53. The summed E-state index contributed by atoms with van der Waals surface area (Å²) in [6, 6.07) is 7.56. The van der Waals surface area contributed by atoms with E-state index in [1.54, 1.807) is 13.8 Å². The number of H-pyrrole nitrogens is 2. The fraction of sp³-hybridized carbons (Fsp3) is 0.308. The molecule has 0 spiro atoms. The maximum Gasteiger partial charge on any atom is 0.395 e. The number of aromatic amines is 2. The Morgan fingerprint density at radius 2 is 1.74 bits per heavy atom. The summed E-state index contributed by atoms with van der Waals surface area (Å²) in [6.45, 7) is 6.75. The SMILES string of the molecule is Cc1ccc(-c2c(CC(=O)O)c(C)c3[nH]c(=O)[nH]c4c(oc3c2C)C=CC(C(F)(F)F)C4C)cc1. The topological polar surface area (TPSA) is 99.1 Å². The van der Waals surface area contributed by atoms with E-state index in [-0.39, 0.29) is 29.0 Å². The van der Waals surface area contributed by atoms with Crippen LogP contribution in [0.25, 0.3) is 28.3 Å². The Balaban J connectivity index is 2.12. The molecule has 2 aromatic carbocycles. The first-order valence-electron chi connectivity index (χ1n) is 11.1. The molecule has 3 N–H and O–H groups in total. The van der Waals surface area contributed by atoms with Gasteiger partial charge in [-0.2, -0.15) is 13.2 Å². The van der Waals surface area contributed by atoms with Crippen LogP contribution in [0.15, 0.2) is 39.6 Å². The van der Waals surface area contributed by atoms with E-state index in [4.69, 9.17) is 4.42 Å². The molecule has 4 rings (SSSR count). The third-order valence-corrected chi connectivity index (χ3v) is 6.53. The van der Waals surface area contributed by atoms with Gasteiger partial charge in [0.05, 0.1) is 23.5 Å². The van der Waals surface area contributed by atoms with Gasteiger partial charge in [-0.3, -0.25) is 4.79 Å². The average molecular weight is 486 g/mol. The fourth-order valence-corrected chi connectivity index (χ4v) is 4.68. The first-order valence-corrected chi connectivity index (χ1v) is 11.1. The maximum atomic E-state index is 13.5. The zero-order valence-electron chi connectivity index (χ0n) is 19.6. The molecule has 1 heterocycles. The molecule has 3 aromatic rings. The van der Waals surface area contributed by atoms with Gasteiger partial charge in [0.15, 0.2) is 5.58 Å². The van der Waals surface area contributed by atoms with E-state index in [9.17, 15) is 27.9 Å². The molecule has 9 heteroatoms. The van der Waals surface area contributed by atoms with E-state index < -0.39 is 29.7 Å². The van der Waals surface area contributed by atoms with Crippen LogP contribution in [0.2, 0.25) is 0 Å². The van der Waals surface area contributed by atoms with E-state index >= 15 is 0 Å². The molecule has 0 amide bonds. The highest BCUT2D eigenvalue weighted by Gasteiger charge is 2.44. The van der Waals surface area contributed by atoms with Crippen molar-refractivity contribution in [3.63, 3.8) is 0 Å². The Morgan fingerprint density at radius 1 is 1.09 bits per heavy atom. The van der Waals surface area contributed by atoms with Gasteiger partial charge in [0.1, 0.15) is 5.76 Å². The number of fused-ring (bicyclic) bond motifs is 2. The molecule has 1 aromatic heterocycles. The molecule has 2 unspecified atom stereocenters. The summed E-state index contributed by atoms with van der Waals surface area (Å²) in [7, 11) is 0. The Hall–Kier alpha value is -3.75.